The summed E-state index contributed by atoms with van der Waals surface area (Å²) < 4.78 is 0. The number of carbonyl (C=O) groups excluding carboxylic acids is 2. The van der Waals surface area contributed by atoms with Crippen molar-refractivity contribution in [3.05, 3.63) is 53.6 Å². The van der Waals surface area contributed by atoms with Crippen molar-refractivity contribution in [3.8, 4) is 0 Å². The fourth-order valence-corrected chi connectivity index (χ4v) is 3.36. The Kier molecular flexibility index (Phi) is 6.32. The highest BCUT2D eigenvalue weighted by Crippen LogP contribution is 2.27. The van der Waals surface area contributed by atoms with Crippen LogP contribution in [0.1, 0.15) is 25.7 Å². The van der Waals surface area contributed by atoms with Crippen molar-refractivity contribution in [1.29, 1.82) is 0 Å². The van der Waals surface area contributed by atoms with Crippen LogP contribution in [-0.4, -0.2) is 18.0 Å². The van der Waals surface area contributed by atoms with Crippen molar-refractivity contribution in [2.24, 2.45) is 11.7 Å². The van der Waals surface area contributed by atoms with Crippen LogP contribution < -0.4 is 21.7 Å². The summed E-state index contributed by atoms with van der Waals surface area (Å²) in [7, 11) is 0. The lowest BCUT2D eigenvalue weighted by Crippen LogP contribution is -2.28. The molecule has 1 saturated carbocycles. The van der Waals surface area contributed by atoms with E-state index in [0.717, 1.165) is 19.3 Å². The molecule has 3 rings (SSSR count). The van der Waals surface area contributed by atoms with E-state index in [-0.39, 0.29) is 23.9 Å². The second-order valence-corrected chi connectivity index (χ2v) is 7.21. The Labute approximate surface area is 163 Å². The lowest BCUT2D eigenvalue weighted by atomic mass is 10.00. The van der Waals surface area contributed by atoms with Gasteiger partial charge in [-0.2, -0.15) is 0 Å². The molecule has 0 spiro atoms. The molecule has 1 fully saturated rings. The van der Waals surface area contributed by atoms with E-state index >= 15 is 0 Å². The molecular formula is C20H23ClN4O2. The smallest absolute Gasteiger partial charge is 0.323 e. The largest absolute Gasteiger partial charge is 0.327 e. The first-order valence-electron chi connectivity index (χ1n) is 8.98. The number of nitrogens with two attached hydrogens (primary N) is 1. The third-order valence-electron chi connectivity index (χ3n) is 4.69. The number of rotatable bonds is 5. The Morgan fingerprint density at radius 3 is 1.93 bits per heavy atom. The molecule has 2 aromatic carbocycles. The molecule has 142 valence electrons. The maximum atomic E-state index is 12.1. The van der Waals surface area contributed by atoms with Gasteiger partial charge in [0.15, 0.2) is 0 Å². The minimum absolute atomic E-state index is 0.0291. The summed E-state index contributed by atoms with van der Waals surface area (Å²) in [5, 5.41) is 8.94. The van der Waals surface area contributed by atoms with Gasteiger partial charge in [0, 0.05) is 34.5 Å². The van der Waals surface area contributed by atoms with Crippen LogP contribution in [0, 0.1) is 5.92 Å². The summed E-state index contributed by atoms with van der Waals surface area (Å²) in [5.41, 5.74) is 7.97. The highest BCUT2D eigenvalue weighted by molar-refractivity contribution is 6.30. The van der Waals surface area contributed by atoms with Gasteiger partial charge in [0.25, 0.3) is 0 Å². The van der Waals surface area contributed by atoms with Gasteiger partial charge in [0.05, 0.1) is 0 Å². The van der Waals surface area contributed by atoms with Crippen LogP contribution in [0.25, 0.3) is 0 Å². The van der Waals surface area contributed by atoms with Gasteiger partial charge in [-0.05, 0) is 67.3 Å². The molecule has 0 heterocycles. The van der Waals surface area contributed by atoms with Crippen LogP contribution in [0.4, 0.5) is 21.9 Å². The van der Waals surface area contributed by atoms with E-state index in [9.17, 15) is 9.59 Å². The van der Waals surface area contributed by atoms with Gasteiger partial charge in [0.1, 0.15) is 0 Å². The van der Waals surface area contributed by atoms with Crippen molar-refractivity contribution in [1.82, 2.24) is 0 Å². The number of halogens is 1. The number of amides is 3. The molecule has 6 nitrogen and oxygen atoms in total. The Hall–Kier alpha value is -2.57. The minimum Gasteiger partial charge on any atom is -0.327 e. The fourth-order valence-electron chi connectivity index (χ4n) is 3.23. The number of anilines is 3. The molecule has 3 amide bonds. The maximum Gasteiger partial charge on any atom is 0.323 e. The Bertz CT molecular complexity index is 793. The van der Waals surface area contributed by atoms with E-state index in [4.69, 9.17) is 17.3 Å². The standard InChI is InChI=1S/C20H23ClN4O2/c21-14-4-6-16(7-5-14)24-20(27)25-17-10-8-15(9-11-17)23-19(26)12-13-2-1-3-18(13)22/h4-11,13,18H,1-3,12,22H2,(H,23,26)(H2,24,25,27)/t13-,18+/m0/s1. The fraction of sp³-hybridized carbons (Fsp3) is 0.300. The van der Waals surface area contributed by atoms with Gasteiger partial charge in [-0.3, -0.25) is 4.79 Å². The molecule has 0 aliphatic heterocycles. The van der Waals surface area contributed by atoms with Gasteiger partial charge in [-0.15, -0.1) is 0 Å². The van der Waals surface area contributed by atoms with Crippen molar-refractivity contribution >= 4 is 40.6 Å². The lowest BCUT2D eigenvalue weighted by molar-refractivity contribution is -0.117. The first-order chi connectivity index (χ1) is 13.0. The van der Waals surface area contributed by atoms with Crippen molar-refractivity contribution < 1.29 is 9.59 Å². The van der Waals surface area contributed by atoms with E-state index in [1.807, 2.05) is 0 Å². The Morgan fingerprint density at radius 1 is 0.889 bits per heavy atom. The van der Waals surface area contributed by atoms with Gasteiger partial charge in [-0.1, -0.05) is 18.0 Å². The zero-order chi connectivity index (χ0) is 19.2. The van der Waals surface area contributed by atoms with Crippen LogP contribution in [0.3, 0.4) is 0 Å². The van der Waals surface area contributed by atoms with Crippen molar-refractivity contribution in [2.45, 2.75) is 31.7 Å². The number of hydrogen-bond acceptors (Lipinski definition) is 3. The van der Waals surface area contributed by atoms with Gasteiger partial charge >= 0.3 is 6.03 Å². The topological polar surface area (TPSA) is 96.2 Å². The van der Waals surface area contributed by atoms with E-state index in [0.29, 0.717) is 28.5 Å². The third kappa shape index (κ3) is 5.70. The summed E-state index contributed by atoms with van der Waals surface area (Å²) in [6, 6.07) is 13.6. The van der Waals surface area contributed by atoms with Crippen LogP contribution in [0.2, 0.25) is 5.02 Å². The second-order valence-electron chi connectivity index (χ2n) is 6.77. The molecule has 0 radical (unpaired) electrons. The number of carbonyl (C=O) groups is 2. The molecule has 0 aromatic heterocycles. The molecule has 2 aromatic rings. The summed E-state index contributed by atoms with van der Waals surface area (Å²) in [4.78, 5) is 24.2. The average molecular weight is 387 g/mol. The van der Waals surface area contributed by atoms with E-state index < -0.39 is 0 Å². The van der Waals surface area contributed by atoms with Crippen LogP contribution in [-0.2, 0) is 4.79 Å². The van der Waals surface area contributed by atoms with Crippen LogP contribution >= 0.6 is 11.6 Å². The van der Waals surface area contributed by atoms with Gasteiger partial charge in [-0.25, -0.2) is 4.79 Å². The zero-order valence-corrected chi connectivity index (χ0v) is 15.6. The molecule has 1 aliphatic rings. The van der Waals surface area contributed by atoms with Crippen LogP contribution in [0.5, 0.6) is 0 Å². The molecule has 0 unspecified atom stereocenters. The first kappa shape index (κ1) is 19.2. The SMILES string of the molecule is N[C@@H]1CCC[C@H]1CC(=O)Nc1ccc(NC(=O)Nc2ccc(Cl)cc2)cc1. The van der Waals surface area contributed by atoms with E-state index in [1.165, 1.54) is 0 Å². The van der Waals surface area contributed by atoms with E-state index in [1.54, 1.807) is 48.5 Å². The quantitative estimate of drug-likeness (QED) is 0.611. The summed E-state index contributed by atoms with van der Waals surface area (Å²) in [5.74, 6) is 0.237. The Balaban J connectivity index is 1.48. The molecule has 0 bridgehead atoms. The summed E-state index contributed by atoms with van der Waals surface area (Å²) in [6.45, 7) is 0. The normalized spacial score (nSPS) is 18.7. The lowest BCUT2D eigenvalue weighted by Gasteiger charge is -2.15. The number of nitrogens with one attached hydrogen (secondary N) is 3. The van der Waals surface area contributed by atoms with E-state index in [2.05, 4.69) is 16.0 Å². The predicted octanol–water partition coefficient (Wildman–Crippen LogP) is 4.44. The molecule has 0 saturated heterocycles. The summed E-state index contributed by atoms with van der Waals surface area (Å²) >= 11 is 5.82. The monoisotopic (exact) mass is 386 g/mol. The van der Waals surface area contributed by atoms with Crippen molar-refractivity contribution in [2.75, 3.05) is 16.0 Å². The maximum absolute atomic E-state index is 12.1. The highest BCUT2D eigenvalue weighted by atomic mass is 35.5. The van der Waals surface area contributed by atoms with Gasteiger partial charge in [0.2, 0.25) is 5.91 Å². The average Bonchev–Trinajstić information content (AvgIpc) is 3.03. The third-order valence-corrected chi connectivity index (χ3v) is 4.95. The number of urea groups is 1. The first-order valence-corrected chi connectivity index (χ1v) is 9.36. The minimum atomic E-state index is -0.357. The number of benzene rings is 2. The molecule has 2 atom stereocenters. The predicted molar refractivity (Wildman–Crippen MR) is 109 cm³/mol. The molecule has 7 heteroatoms. The second kappa shape index (κ2) is 8.88. The zero-order valence-electron chi connectivity index (χ0n) is 14.9. The molecule has 1 aliphatic carbocycles. The number of hydrogen-bond donors (Lipinski definition) is 4. The van der Waals surface area contributed by atoms with Gasteiger partial charge < -0.3 is 21.7 Å². The van der Waals surface area contributed by atoms with Crippen LogP contribution in [0.15, 0.2) is 48.5 Å². The summed E-state index contributed by atoms with van der Waals surface area (Å²) in [6.07, 6.45) is 3.55. The molecule has 27 heavy (non-hydrogen) atoms. The molecular weight excluding hydrogens is 364 g/mol. The van der Waals surface area contributed by atoms with Crippen molar-refractivity contribution in [3.63, 3.8) is 0 Å². The molecule has 5 N–H and O–H groups in total. The highest BCUT2D eigenvalue weighted by Gasteiger charge is 2.25. The Morgan fingerprint density at radius 2 is 1.41 bits per heavy atom.